The molecule has 1 aliphatic heterocycles. The number of benzene rings is 2. The van der Waals surface area contributed by atoms with Gasteiger partial charge in [0, 0.05) is 49.7 Å². The molecule has 2 aromatic carbocycles. The van der Waals surface area contributed by atoms with Gasteiger partial charge in [-0.05, 0) is 38.1 Å². The van der Waals surface area contributed by atoms with Gasteiger partial charge in [0.1, 0.15) is 11.4 Å². The van der Waals surface area contributed by atoms with Crippen molar-refractivity contribution in [1.82, 2.24) is 14.9 Å². The van der Waals surface area contributed by atoms with Gasteiger partial charge in [-0.1, -0.05) is 29.8 Å². The lowest BCUT2D eigenvalue weighted by molar-refractivity contribution is 0.0715. The van der Waals surface area contributed by atoms with Gasteiger partial charge < -0.3 is 19.5 Å². The molecule has 5 rings (SSSR count). The molecule has 0 bridgehead atoms. The number of aromatic nitrogens is 2. The first kappa shape index (κ1) is 21.6. The summed E-state index contributed by atoms with van der Waals surface area (Å²) in [6, 6.07) is 18.2. The molecule has 0 aliphatic carbocycles. The summed E-state index contributed by atoms with van der Waals surface area (Å²) in [6.45, 7) is 6.21. The zero-order valence-corrected chi connectivity index (χ0v) is 19.1. The van der Waals surface area contributed by atoms with E-state index < -0.39 is 0 Å². The van der Waals surface area contributed by atoms with Gasteiger partial charge >= 0.3 is 0 Å². The minimum Gasteiger partial charge on any atom is -0.451 e. The molecule has 1 saturated heterocycles. The molecule has 0 radical (unpaired) electrons. The Balaban J connectivity index is 1.29. The smallest absolute Gasteiger partial charge is 0.289 e. The van der Waals surface area contributed by atoms with Gasteiger partial charge in [-0.3, -0.25) is 9.59 Å². The fraction of sp³-hybridized carbons (Fsp3) is 0.231. The SMILES string of the molecule is Cc1ccc(Nc2nc(C)cc(N3CCN(C(=O)c4cc(=O)c5ccccc5o4)CC3)n2)cc1. The van der Waals surface area contributed by atoms with E-state index in [1.54, 1.807) is 29.2 Å². The number of fused-ring (bicyclic) bond motifs is 1. The van der Waals surface area contributed by atoms with Crippen molar-refractivity contribution in [3.05, 3.63) is 87.9 Å². The summed E-state index contributed by atoms with van der Waals surface area (Å²) < 4.78 is 5.73. The van der Waals surface area contributed by atoms with Crippen LogP contribution in [0.15, 0.2) is 69.9 Å². The Morgan fingerprint density at radius 2 is 1.68 bits per heavy atom. The van der Waals surface area contributed by atoms with Crippen LogP contribution < -0.4 is 15.6 Å². The Bertz CT molecular complexity index is 1410. The topological polar surface area (TPSA) is 91.6 Å². The predicted octanol–water partition coefficient (Wildman–Crippen LogP) is 3.91. The van der Waals surface area contributed by atoms with Crippen LogP contribution in [0.2, 0.25) is 0 Å². The second-order valence-corrected chi connectivity index (χ2v) is 8.43. The number of amides is 1. The first-order valence-corrected chi connectivity index (χ1v) is 11.2. The summed E-state index contributed by atoms with van der Waals surface area (Å²) in [5, 5.41) is 3.73. The molecule has 3 heterocycles. The summed E-state index contributed by atoms with van der Waals surface area (Å²) in [5.41, 5.74) is 3.17. The number of nitrogens with zero attached hydrogens (tertiary/aromatic N) is 4. The Hall–Kier alpha value is -4.20. The van der Waals surface area contributed by atoms with E-state index in [1.165, 1.54) is 11.6 Å². The second-order valence-electron chi connectivity index (χ2n) is 8.43. The lowest BCUT2D eigenvalue weighted by atomic mass is 10.2. The van der Waals surface area contributed by atoms with E-state index in [2.05, 4.69) is 20.2 Å². The van der Waals surface area contributed by atoms with E-state index >= 15 is 0 Å². The normalized spacial score (nSPS) is 13.8. The van der Waals surface area contributed by atoms with Gasteiger partial charge in [0.2, 0.25) is 5.95 Å². The zero-order chi connectivity index (χ0) is 23.7. The minimum atomic E-state index is -0.275. The van der Waals surface area contributed by atoms with Crippen LogP contribution in [-0.4, -0.2) is 47.0 Å². The lowest BCUT2D eigenvalue weighted by Crippen LogP contribution is -2.49. The molecule has 0 saturated carbocycles. The summed E-state index contributed by atoms with van der Waals surface area (Å²) in [4.78, 5) is 38.4. The molecular weight excluding hydrogens is 430 g/mol. The van der Waals surface area contributed by atoms with Gasteiger partial charge in [0.15, 0.2) is 11.2 Å². The number of anilines is 3. The zero-order valence-electron chi connectivity index (χ0n) is 19.1. The number of nitrogens with one attached hydrogen (secondary N) is 1. The monoisotopic (exact) mass is 455 g/mol. The lowest BCUT2D eigenvalue weighted by Gasteiger charge is -2.35. The van der Waals surface area contributed by atoms with Gasteiger partial charge in [0.25, 0.3) is 5.91 Å². The molecule has 4 aromatic rings. The van der Waals surface area contributed by atoms with Gasteiger partial charge in [-0.2, -0.15) is 4.98 Å². The number of carbonyl (C=O) groups is 1. The Kier molecular flexibility index (Phi) is 5.71. The van der Waals surface area contributed by atoms with Crippen molar-refractivity contribution in [1.29, 1.82) is 0 Å². The molecule has 0 atom stereocenters. The highest BCUT2D eigenvalue weighted by Crippen LogP contribution is 2.21. The molecule has 0 spiro atoms. The molecule has 8 nitrogen and oxygen atoms in total. The highest BCUT2D eigenvalue weighted by molar-refractivity contribution is 5.93. The molecule has 0 unspecified atom stereocenters. The molecule has 34 heavy (non-hydrogen) atoms. The molecule has 1 aliphatic rings. The molecule has 1 amide bonds. The van der Waals surface area contributed by atoms with Crippen LogP contribution in [0.3, 0.4) is 0 Å². The third kappa shape index (κ3) is 4.47. The van der Waals surface area contributed by atoms with E-state index in [-0.39, 0.29) is 17.1 Å². The number of piperazine rings is 1. The molecular formula is C26H25N5O3. The average Bonchev–Trinajstić information content (AvgIpc) is 2.85. The van der Waals surface area contributed by atoms with Crippen LogP contribution in [-0.2, 0) is 0 Å². The summed E-state index contributed by atoms with van der Waals surface area (Å²) in [6.07, 6.45) is 0. The molecule has 172 valence electrons. The first-order valence-electron chi connectivity index (χ1n) is 11.2. The Morgan fingerprint density at radius 3 is 2.44 bits per heavy atom. The first-order chi connectivity index (χ1) is 16.5. The van der Waals surface area contributed by atoms with Crippen molar-refractivity contribution in [3.8, 4) is 0 Å². The predicted molar refractivity (Wildman–Crippen MR) is 132 cm³/mol. The summed E-state index contributed by atoms with van der Waals surface area (Å²) in [5.74, 6) is 1.14. The number of carbonyl (C=O) groups excluding carboxylic acids is 1. The third-order valence-electron chi connectivity index (χ3n) is 5.88. The number of rotatable bonds is 4. The van der Waals surface area contributed by atoms with E-state index in [0.29, 0.717) is 43.1 Å². The highest BCUT2D eigenvalue weighted by atomic mass is 16.3. The van der Waals surface area contributed by atoms with Gasteiger partial charge in [-0.25, -0.2) is 4.98 Å². The summed E-state index contributed by atoms with van der Waals surface area (Å²) >= 11 is 0. The minimum absolute atomic E-state index is 0.0691. The van der Waals surface area contributed by atoms with Crippen LogP contribution >= 0.6 is 0 Å². The number of hydrogen-bond donors (Lipinski definition) is 1. The summed E-state index contributed by atoms with van der Waals surface area (Å²) in [7, 11) is 0. The van der Waals surface area contributed by atoms with Crippen molar-refractivity contribution in [2.24, 2.45) is 0 Å². The van der Waals surface area contributed by atoms with E-state index in [1.807, 2.05) is 44.2 Å². The van der Waals surface area contributed by atoms with Crippen LogP contribution in [0.25, 0.3) is 11.0 Å². The van der Waals surface area contributed by atoms with E-state index in [0.717, 1.165) is 17.2 Å². The average molecular weight is 456 g/mol. The molecule has 8 heteroatoms. The molecule has 1 fully saturated rings. The Morgan fingerprint density at radius 1 is 0.941 bits per heavy atom. The number of aryl methyl sites for hydroxylation is 2. The van der Waals surface area contributed by atoms with Crippen LogP contribution in [0.1, 0.15) is 21.8 Å². The highest BCUT2D eigenvalue weighted by Gasteiger charge is 2.25. The maximum Gasteiger partial charge on any atom is 0.289 e. The largest absolute Gasteiger partial charge is 0.451 e. The fourth-order valence-electron chi connectivity index (χ4n) is 4.04. The second kappa shape index (κ2) is 8.97. The third-order valence-corrected chi connectivity index (χ3v) is 5.88. The van der Waals surface area contributed by atoms with E-state index in [4.69, 9.17) is 4.42 Å². The number of hydrogen-bond acceptors (Lipinski definition) is 7. The van der Waals surface area contributed by atoms with Crippen LogP contribution in [0.5, 0.6) is 0 Å². The van der Waals surface area contributed by atoms with E-state index in [9.17, 15) is 9.59 Å². The van der Waals surface area contributed by atoms with Gasteiger partial charge in [-0.15, -0.1) is 0 Å². The quantitative estimate of drug-likeness (QED) is 0.499. The van der Waals surface area contributed by atoms with Crippen molar-refractivity contribution in [2.45, 2.75) is 13.8 Å². The van der Waals surface area contributed by atoms with Crippen molar-refractivity contribution >= 4 is 34.3 Å². The maximum atomic E-state index is 13.0. The number of para-hydroxylation sites is 1. The standard InChI is InChI=1S/C26H25N5O3/c1-17-7-9-19(10-8-17)28-26-27-18(2)15-24(29-26)30-11-13-31(14-12-30)25(33)23-16-21(32)20-5-3-4-6-22(20)34-23/h3-10,15-16H,11-14H2,1-2H3,(H,27,28,29). The molecule has 1 N–H and O–H groups in total. The fourth-order valence-corrected chi connectivity index (χ4v) is 4.04. The van der Waals surface area contributed by atoms with Crippen LogP contribution in [0, 0.1) is 13.8 Å². The van der Waals surface area contributed by atoms with Crippen LogP contribution in [0.4, 0.5) is 17.5 Å². The molecule has 2 aromatic heterocycles. The van der Waals surface area contributed by atoms with Crippen molar-refractivity contribution in [2.75, 3.05) is 36.4 Å². The Labute approximate surface area is 196 Å². The maximum absolute atomic E-state index is 13.0. The van der Waals surface area contributed by atoms with Crippen molar-refractivity contribution in [3.63, 3.8) is 0 Å². The van der Waals surface area contributed by atoms with Crippen molar-refractivity contribution < 1.29 is 9.21 Å². The van der Waals surface area contributed by atoms with Gasteiger partial charge in [0.05, 0.1) is 5.39 Å².